The lowest BCUT2D eigenvalue weighted by Crippen LogP contribution is -2.50. The second kappa shape index (κ2) is 6.19. The molecule has 110 valence electrons. The lowest BCUT2D eigenvalue weighted by atomic mass is 10.1. The first-order valence-corrected chi connectivity index (χ1v) is 8.79. The van der Waals surface area contributed by atoms with Gasteiger partial charge in [-0.1, -0.05) is 39.1 Å². The summed E-state index contributed by atoms with van der Waals surface area (Å²) in [4.78, 5) is 11.4. The van der Waals surface area contributed by atoms with E-state index in [1.54, 1.807) is 0 Å². The Morgan fingerprint density at radius 1 is 1.30 bits per heavy atom. The molecule has 2 N–H and O–H groups in total. The second-order valence-corrected chi connectivity index (χ2v) is 7.69. The molecular formula is C11H11BrCl2N2O3S. The van der Waals surface area contributed by atoms with Gasteiger partial charge in [-0.3, -0.25) is 4.79 Å². The maximum atomic E-state index is 12.3. The first kappa shape index (κ1) is 16.0. The van der Waals surface area contributed by atoms with Gasteiger partial charge in [0.1, 0.15) is 10.9 Å². The third-order valence-corrected chi connectivity index (χ3v) is 5.66. The van der Waals surface area contributed by atoms with Crippen molar-refractivity contribution < 1.29 is 13.2 Å². The molecule has 20 heavy (non-hydrogen) atoms. The first-order valence-electron chi connectivity index (χ1n) is 5.76. The fourth-order valence-electron chi connectivity index (χ4n) is 1.92. The van der Waals surface area contributed by atoms with Crippen LogP contribution in [0.3, 0.4) is 0 Å². The molecule has 1 aromatic carbocycles. The Morgan fingerprint density at radius 3 is 2.45 bits per heavy atom. The number of rotatable bonds is 3. The number of carbonyl (C=O) groups excluding carboxylic acids is 1. The lowest BCUT2D eigenvalue weighted by Gasteiger charge is -2.23. The van der Waals surface area contributed by atoms with Crippen molar-refractivity contribution in [1.82, 2.24) is 10.0 Å². The summed E-state index contributed by atoms with van der Waals surface area (Å²) < 4.78 is 27.6. The van der Waals surface area contributed by atoms with Crippen LogP contribution in [-0.4, -0.2) is 26.9 Å². The van der Waals surface area contributed by atoms with Crippen LogP contribution >= 0.6 is 39.1 Å². The number of hydrogen-bond donors (Lipinski definition) is 2. The SMILES string of the molecule is O=C1NCCCC1NS(=O)(=O)c1c(Cl)cc(Br)cc1Cl. The predicted molar refractivity (Wildman–Crippen MR) is 80.5 cm³/mol. The van der Waals surface area contributed by atoms with Crippen LogP contribution in [0.1, 0.15) is 12.8 Å². The molecule has 0 radical (unpaired) electrons. The third-order valence-electron chi connectivity index (χ3n) is 2.81. The summed E-state index contributed by atoms with van der Waals surface area (Å²) in [5, 5.41) is 2.59. The molecule has 1 saturated heterocycles. The Kier molecular flexibility index (Phi) is 4.96. The van der Waals surface area contributed by atoms with Crippen molar-refractivity contribution in [3.8, 4) is 0 Å². The summed E-state index contributed by atoms with van der Waals surface area (Å²) >= 11 is 15.1. The van der Waals surface area contributed by atoms with E-state index in [4.69, 9.17) is 23.2 Å². The standard InChI is InChI=1S/C11H11BrCl2N2O3S/c12-6-4-7(13)10(8(14)5-6)20(18,19)16-9-2-1-3-15-11(9)17/h4-5,9,16H,1-3H2,(H,15,17). The number of carbonyl (C=O) groups is 1. The molecule has 1 fully saturated rings. The van der Waals surface area contributed by atoms with Crippen molar-refractivity contribution in [3.63, 3.8) is 0 Å². The highest BCUT2D eigenvalue weighted by Crippen LogP contribution is 2.33. The highest BCUT2D eigenvalue weighted by Gasteiger charge is 2.30. The molecule has 1 heterocycles. The van der Waals surface area contributed by atoms with Crippen LogP contribution < -0.4 is 10.0 Å². The van der Waals surface area contributed by atoms with Gasteiger partial charge in [0.05, 0.1) is 10.0 Å². The van der Waals surface area contributed by atoms with Gasteiger partial charge in [-0.05, 0) is 25.0 Å². The number of piperidine rings is 1. The van der Waals surface area contributed by atoms with Crippen molar-refractivity contribution >= 4 is 55.1 Å². The van der Waals surface area contributed by atoms with E-state index in [-0.39, 0.29) is 20.8 Å². The van der Waals surface area contributed by atoms with E-state index in [2.05, 4.69) is 26.0 Å². The molecule has 0 bridgehead atoms. The molecular weight excluding hydrogens is 391 g/mol. The molecule has 1 aromatic rings. The number of amides is 1. The molecule has 5 nitrogen and oxygen atoms in total. The van der Waals surface area contributed by atoms with Gasteiger partial charge < -0.3 is 5.32 Å². The largest absolute Gasteiger partial charge is 0.355 e. The molecule has 0 spiro atoms. The van der Waals surface area contributed by atoms with Gasteiger partial charge in [0.25, 0.3) is 0 Å². The Labute approximate surface area is 135 Å². The van der Waals surface area contributed by atoms with Crippen LogP contribution in [0.2, 0.25) is 10.0 Å². The summed E-state index contributed by atoms with van der Waals surface area (Å²) in [6.07, 6.45) is 1.15. The van der Waals surface area contributed by atoms with Crippen molar-refractivity contribution in [2.75, 3.05) is 6.54 Å². The van der Waals surface area contributed by atoms with E-state index in [1.807, 2.05) is 0 Å². The molecule has 1 aliphatic heterocycles. The summed E-state index contributed by atoms with van der Waals surface area (Å²) in [6, 6.07) is 2.07. The molecule has 1 aliphatic rings. The van der Waals surface area contributed by atoms with Crippen LogP contribution in [-0.2, 0) is 14.8 Å². The van der Waals surface area contributed by atoms with Crippen LogP contribution in [0, 0.1) is 0 Å². The Hall–Kier alpha value is -0.340. The van der Waals surface area contributed by atoms with E-state index in [9.17, 15) is 13.2 Å². The Balaban J connectivity index is 2.33. The average Bonchev–Trinajstić information content (AvgIpc) is 2.30. The van der Waals surface area contributed by atoms with Gasteiger partial charge in [-0.25, -0.2) is 8.42 Å². The molecule has 1 amide bonds. The average molecular weight is 402 g/mol. The summed E-state index contributed by atoms with van der Waals surface area (Å²) in [5.74, 6) is -0.343. The summed E-state index contributed by atoms with van der Waals surface area (Å²) in [5.41, 5.74) is 0. The van der Waals surface area contributed by atoms with E-state index in [1.165, 1.54) is 12.1 Å². The molecule has 9 heteroatoms. The maximum Gasteiger partial charge on any atom is 0.244 e. The first-order chi connectivity index (χ1) is 9.31. The van der Waals surface area contributed by atoms with Gasteiger partial charge in [-0.2, -0.15) is 4.72 Å². The molecule has 1 unspecified atom stereocenters. The summed E-state index contributed by atoms with van der Waals surface area (Å²) in [7, 11) is -3.97. The van der Waals surface area contributed by atoms with Crippen molar-refractivity contribution in [1.29, 1.82) is 0 Å². The Morgan fingerprint density at radius 2 is 1.90 bits per heavy atom. The lowest BCUT2D eigenvalue weighted by molar-refractivity contribution is -0.124. The molecule has 2 rings (SSSR count). The normalized spacial score (nSPS) is 19.8. The highest BCUT2D eigenvalue weighted by molar-refractivity contribution is 9.10. The predicted octanol–water partition coefficient (Wildman–Crippen LogP) is 2.31. The van der Waals surface area contributed by atoms with Gasteiger partial charge in [0.2, 0.25) is 15.9 Å². The van der Waals surface area contributed by atoms with Crippen LogP contribution in [0.4, 0.5) is 0 Å². The van der Waals surface area contributed by atoms with Crippen LogP contribution in [0.15, 0.2) is 21.5 Å². The third kappa shape index (κ3) is 3.46. The smallest absolute Gasteiger partial charge is 0.244 e. The quantitative estimate of drug-likeness (QED) is 0.815. The fraction of sp³-hybridized carbons (Fsp3) is 0.364. The number of benzene rings is 1. The monoisotopic (exact) mass is 400 g/mol. The van der Waals surface area contributed by atoms with E-state index < -0.39 is 16.1 Å². The summed E-state index contributed by atoms with van der Waals surface area (Å²) in [6.45, 7) is 0.552. The highest BCUT2D eigenvalue weighted by atomic mass is 79.9. The van der Waals surface area contributed by atoms with Crippen LogP contribution in [0.5, 0.6) is 0 Å². The van der Waals surface area contributed by atoms with E-state index >= 15 is 0 Å². The van der Waals surface area contributed by atoms with Crippen molar-refractivity contribution in [2.45, 2.75) is 23.8 Å². The second-order valence-electron chi connectivity index (χ2n) is 4.31. The van der Waals surface area contributed by atoms with Crippen molar-refractivity contribution in [2.24, 2.45) is 0 Å². The zero-order valence-electron chi connectivity index (χ0n) is 10.1. The van der Waals surface area contributed by atoms with E-state index in [0.29, 0.717) is 23.9 Å². The number of halogens is 3. The van der Waals surface area contributed by atoms with Gasteiger partial charge in [0, 0.05) is 11.0 Å². The van der Waals surface area contributed by atoms with E-state index in [0.717, 1.165) is 0 Å². The topological polar surface area (TPSA) is 75.3 Å². The zero-order valence-corrected chi connectivity index (χ0v) is 14.0. The van der Waals surface area contributed by atoms with Gasteiger partial charge in [0.15, 0.2) is 0 Å². The molecule has 0 aromatic heterocycles. The Bertz CT molecular complexity index is 628. The molecule has 0 aliphatic carbocycles. The fourth-order valence-corrected chi connectivity index (χ4v) is 5.08. The van der Waals surface area contributed by atoms with Gasteiger partial charge in [-0.15, -0.1) is 0 Å². The minimum absolute atomic E-state index is 0.00640. The maximum absolute atomic E-state index is 12.3. The molecule has 1 atom stereocenters. The van der Waals surface area contributed by atoms with Crippen molar-refractivity contribution in [3.05, 3.63) is 26.7 Å². The zero-order chi connectivity index (χ0) is 14.9. The number of sulfonamides is 1. The molecule has 0 saturated carbocycles. The van der Waals surface area contributed by atoms with Gasteiger partial charge >= 0.3 is 0 Å². The number of nitrogens with one attached hydrogen (secondary N) is 2. The minimum atomic E-state index is -3.97. The minimum Gasteiger partial charge on any atom is -0.355 e. The van der Waals surface area contributed by atoms with Crippen LogP contribution in [0.25, 0.3) is 0 Å². The number of hydrogen-bond acceptors (Lipinski definition) is 3.